The predicted molar refractivity (Wildman–Crippen MR) is 84.4 cm³/mol. The van der Waals surface area contributed by atoms with Crippen LogP contribution in [0.3, 0.4) is 0 Å². The molecule has 0 aliphatic rings. The molecule has 0 saturated carbocycles. The van der Waals surface area contributed by atoms with Crippen LogP contribution >= 0.6 is 11.3 Å². The van der Waals surface area contributed by atoms with Gasteiger partial charge in [0.25, 0.3) is 0 Å². The number of urea groups is 1. The van der Waals surface area contributed by atoms with Gasteiger partial charge in [0.1, 0.15) is 10.8 Å². The van der Waals surface area contributed by atoms with Gasteiger partial charge in [0, 0.05) is 24.0 Å². The number of hydrogen-bond donors (Lipinski definition) is 2. The lowest BCUT2D eigenvalue weighted by Gasteiger charge is -2.18. The highest BCUT2D eigenvalue weighted by atomic mass is 32.1. The first-order valence-corrected chi connectivity index (χ1v) is 7.78. The normalized spacial score (nSPS) is 10.4. The van der Waals surface area contributed by atoms with E-state index in [-0.39, 0.29) is 11.8 Å². The van der Waals surface area contributed by atoms with E-state index in [4.69, 9.17) is 0 Å². The molecule has 0 unspecified atom stereocenters. The van der Waals surface area contributed by atoms with Gasteiger partial charge in [0.05, 0.1) is 12.2 Å². The van der Waals surface area contributed by atoms with Crippen LogP contribution in [-0.4, -0.2) is 34.1 Å². The maximum atomic E-state index is 11.9. The molecule has 0 bridgehead atoms. The summed E-state index contributed by atoms with van der Waals surface area (Å²) in [5, 5.41) is 15.0. The Bertz CT molecular complexity index is 591. The number of aromatic hydroxyl groups is 1. The zero-order chi connectivity index (χ0) is 15.2. The number of rotatable bonds is 5. The molecule has 2 aromatic rings. The second-order valence-electron chi connectivity index (χ2n) is 4.50. The molecular weight excluding hydrogens is 286 g/mol. The summed E-state index contributed by atoms with van der Waals surface area (Å²) in [5.74, 6) is 0.237. The van der Waals surface area contributed by atoms with Crippen LogP contribution in [0.15, 0.2) is 29.6 Å². The molecule has 0 fully saturated rings. The Morgan fingerprint density at radius 2 is 1.95 bits per heavy atom. The molecule has 112 valence electrons. The van der Waals surface area contributed by atoms with Gasteiger partial charge in [-0.2, -0.15) is 0 Å². The monoisotopic (exact) mass is 305 g/mol. The van der Waals surface area contributed by atoms with E-state index in [1.165, 1.54) is 11.3 Å². The largest absolute Gasteiger partial charge is 0.508 e. The fourth-order valence-corrected chi connectivity index (χ4v) is 2.67. The Balaban J connectivity index is 1.97. The van der Waals surface area contributed by atoms with Crippen LogP contribution in [0.2, 0.25) is 0 Å². The van der Waals surface area contributed by atoms with Gasteiger partial charge in [-0.25, -0.2) is 9.78 Å². The lowest BCUT2D eigenvalue weighted by atomic mass is 10.2. The number of phenols is 1. The first kappa shape index (κ1) is 15.3. The summed E-state index contributed by atoms with van der Waals surface area (Å²) in [6.07, 6.45) is 0. The van der Waals surface area contributed by atoms with Crippen molar-refractivity contribution < 1.29 is 9.90 Å². The fraction of sp³-hybridized carbons (Fsp3) is 0.333. The van der Waals surface area contributed by atoms with Gasteiger partial charge in [-0.1, -0.05) is 0 Å². The van der Waals surface area contributed by atoms with Crippen LogP contribution in [0, 0.1) is 0 Å². The molecule has 6 heteroatoms. The lowest BCUT2D eigenvalue weighted by molar-refractivity contribution is 0.203. The van der Waals surface area contributed by atoms with Gasteiger partial charge in [-0.05, 0) is 38.1 Å². The molecule has 0 spiro atoms. The first-order chi connectivity index (χ1) is 10.1. The quantitative estimate of drug-likeness (QED) is 0.892. The average Bonchev–Trinajstić information content (AvgIpc) is 2.96. The van der Waals surface area contributed by atoms with Gasteiger partial charge in [-0.3, -0.25) is 0 Å². The van der Waals surface area contributed by atoms with E-state index < -0.39 is 0 Å². The summed E-state index contributed by atoms with van der Waals surface area (Å²) in [6.45, 7) is 5.72. The van der Waals surface area contributed by atoms with E-state index in [1.54, 1.807) is 17.0 Å². The van der Waals surface area contributed by atoms with Crippen molar-refractivity contribution in [2.24, 2.45) is 0 Å². The van der Waals surface area contributed by atoms with Crippen molar-refractivity contribution in [2.45, 2.75) is 20.4 Å². The number of nitrogens with one attached hydrogen (secondary N) is 1. The number of phenolic OH excluding ortho intramolecular Hbond substituents is 1. The zero-order valence-corrected chi connectivity index (χ0v) is 13.0. The lowest BCUT2D eigenvalue weighted by Crippen LogP contribution is -2.39. The van der Waals surface area contributed by atoms with Crippen LogP contribution in [0.25, 0.3) is 11.3 Å². The molecule has 0 saturated heterocycles. The van der Waals surface area contributed by atoms with Gasteiger partial charge in [0.15, 0.2) is 0 Å². The Morgan fingerprint density at radius 1 is 1.29 bits per heavy atom. The molecule has 0 aliphatic carbocycles. The Kier molecular flexibility index (Phi) is 5.16. The summed E-state index contributed by atoms with van der Waals surface area (Å²) >= 11 is 1.51. The Labute approximate surface area is 128 Å². The van der Waals surface area contributed by atoms with Gasteiger partial charge in [0.2, 0.25) is 0 Å². The number of nitrogens with zero attached hydrogens (tertiary/aromatic N) is 2. The minimum Gasteiger partial charge on any atom is -0.508 e. The SMILES string of the molecule is CCN(CC)C(=O)NCc1nc(-c2ccc(O)cc2)cs1. The zero-order valence-electron chi connectivity index (χ0n) is 12.2. The summed E-state index contributed by atoms with van der Waals surface area (Å²) in [7, 11) is 0. The topological polar surface area (TPSA) is 65.5 Å². The molecule has 1 aromatic heterocycles. The maximum absolute atomic E-state index is 11.9. The fourth-order valence-electron chi connectivity index (χ4n) is 1.93. The van der Waals surface area contributed by atoms with Gasteiger partial charge in [-0.15, -0.1) is 11.3 Å². The van der Waals surface area contributed by atoms with Crippen LogP contribution in [0.1, 0.15) is 18.9 Å². The molecule has 2 rings (SSSR count). The van der Waals surface area contributed by atoms with E-state index in [9.17, 15) is 9.90 Å². The van der Waals surface area contributed by atoms with E-state index in [1.807, 2.05) is 31.4 Å². The second kappa shape index (κ2) is 7.08. The number of carbonyl (C=O) groups is 1. The van der Waals surface area contributed by atoms with E-state index in [0.29, 0.717) is 19.6 Å². The summed E-state index contributed by atoms with van der Waals surface area (Å²) in [5.41, 5.74) is 1.80. The average molecular weight is 305 g/mol. The molecule has 0 atom stereocenters. The van der Waals surface area contributed by atoms with Crippen molar-refractivity contribution in [1.82, 2.24) is 15.2 Å². The van der Waals surface area contributed by atoms with Crippen molar-refractivity contribution in [1.29, 1.82) is 0 Å². The van der Waals surface area contributed by atoms with Gasteiger partial charge < -0.3 is 15.3 Å². The number of hydrogen-bond acceptors (Lipinski definition) is 4. The number of amides is 2. The third kappa shape index (κ3) is 3.95. The number of aromatic nitrogens is 1. The van der Waals surface area contributed by atoms with Gasteiger partial charge >= 0.3 is 6.03 Å². The van der Waals surface area contributed by atoms with E-state index in [0.717, 1.165) is 16.3 Å². The number of thiazole rings is 1. The minimum absolute atomic E-state index is 0.0682. The minimum atomic E-state index is -0.0682. The van der Waals surface area contributed by atoms with E-state index >= 15 is 0 Å². The highest BCUT2D eigenvalue weighted by Gasteiger charge is 2.10. The van der Waals surface area contributed by atoms with Crippen LogP contribution in [0.5, 0.6) is 5.75 Å². The molecule has 5 nitrogen and oxygen atoms in total. The first-order valence-electron chi connectivity index (χ1n) is 6.90. The number of carbonyl (C=O) groups excluding carboxylic acids is 1. The molecule has 1 heterocycles. The van der Waals surface area contributed by atoms with Crippen LogP contribution in [-0.2, 0) is 6.54 Å². The molecule has 2 amide bonds. The smallest absolute Gasteiger partial charge is 0.317 e. The standard InChI is InChI=1S/C15H19N3O2S/c1-3-18(4-2)15(20)16-9-14-17-13(10-21-14)11-5-7-12(19)8-6-11/h5-8,10,19H,3-4,9H2,1-2H3,(H,16,20). The van der Waals surface area contributed by atoms with Crippen LogP contribution < -0.4 is 5.32 Å². The van der Waals surface area contributed by atoms with Crippen LogP contribution in [0.4, 0.5) is 4.79 Å². The van der Waals surface area contributed by atoms with Crippen molar-refractivity contribution >= 4 is 17.4 Å². The van der Waals surface area contributed by atoms with Crippen molar-refractivity contribution in [2.75, 3.05) is 13.1 Å². The summed E-state index contributed by atoms with van der Waals surface area (Å²) in [4.78, 5) is 18.1. The molecule has 21 heavy (non-hydrogen) atoms. The third-order valence-electron chi connectivity index (χ3n) is 3.16. The summed E-state index contributed by atoms with van der Waals surface area (Å²) < 4.78 is 0. The van der Waals surface area contributed by atoms with Crippen molar-refractivity contribution in [3.8, 4) is 17.0 Å². The third-order valence-corrected chi connectivity index (χ3v) is 4.01. The molecule has 0 aliphatic heterocycles. The highest BCUT2D eigenvalue weighted by molar-refractivity contribution is 7.09. The maximum Gasteiger partial charge on any atom is 0.317 e. The van der Waals surface area contributed by atoms with Crippen molar-refractivity contribution in [3.05, 3.63) is 34.7 Å². The Morgan fingerprint density at radius 3 is 2.57 bits per heavy atom. The molecule has 1 aromatic carbocycles. The molecule has 2 N–H and O–H groups in total. The number of benzene rings is 1. The second-order valence-corrected chi connectivity index (χ2v) is 5.45. The highest BCUT2D eigenvalue weighted by Crippen LogP contribution is 2.23. The summed E-state index contributed by atoms with van der Waals surface area (Å²) in [6, 6.07) is 6.85. The Hall–Kier alpha value is -2.08. The molecular formula is C15H19N3O2S. The van der Waals surface area contributed by atoms with E-state index in [2.05, 4.69) is 10.3 Å². The molecule has 0 radical (unpaired) electrons. The predicted octanol–water partition coefficient (Wildman–Crippen LogP) is 3.07. The van der Waals surface area contributed by atoms with Crippen molar-refractivity contribution in [3.63, 3.8) is 0 Å².